The van der Waals surface area contributed by atoms with Crippen molar-refractivity contribution in [3.8, 4) is 0 Å². The Hall–Kier alpha value is -2.83. The summed E-state index contributed by atoms with van der Waals surface area (Å²) in [6.45, 7) is 2.61. The molecule has 9 N–H and O–H groups in total. The van der Waals surface area contributed by atoms with Gasteiger partial charge in [0.2, 0.25) is 5.91 Å². The fraction of sp³-hybridized carbons (Fsp3) is 0.750. The largest absolute Gasteiger partial charge is 0.394 e. The second-order valence-electron chi connectivity index (χ2n) is 20.0. The molecule has 0 bridgehead atoms. The van der Waals surface area contributed by atoms with E-state index in [2.05, 4.69) is 92.1 Å². The van der Waals surface area contributed by atoms with Crippen LogP contribution in [-0.2, 0) is 23.7 Å². The summed E-state index contributed by atoms with van der Waals surface area (Å²) in [6.07, 6.45) is 43.4. The van der Waals surface area contributed by atoms with Crippen LogP contribution < -0.4 is 5.32 Å². The molecule has 2 rings (SSSR count). The summed E-state index contributed by atoms with van der Waals surface area (Å²) in [6, 6.07) is -0.941. The highest BCUT2D eigenvalue weighted by Gasteiger charge is 2.51. The molecule has 2 aliphatic rings. The fourth-order valence-electron chi connectivity index (χ4n) is 8.90. The molecule has 0 radical (unpaired) electrons. The van der Waals surface area contributed by atoms with E-state index in [9.17, 15) is 45.6 Å². The van der Waals surface area contributed by atoms with Crippen LogP contribution >= 0.6 is 0 Å². The van der Waals surface area contributed by atoms with Crippen molar-refractivity contribution >= 4 is 5.91 Å². The lowest BCUT2D eigenvalue weighted by atomic mass is 9.97. The van der Waals surface area contributed by atoms with Crippen LogP contribution in [0.1, 0.15) is 194 Å². The molecule has 14 nitrogen and oxygen atoms in total. The van der Waals surface area contributed by atoms with Crippen molar-refractivity contribution < 1.29 is 64.6 Å². The molecule has 0 aromatic heterocycles. The first-order valence-corrected chi connectivity index (χ1v) is 28.8. The van der Waals surface area contributed by atoms with Gasteiger partial charge in [0.25, 0.3) is 0 Å². The lowest BCUT2D eigenvalue weighted by Gasteiger charge is -2.46. The third kappa shape index (κ3) is 30.8. The van der Waals surface area contributed by atoms with Gasteiger partial charge in [-0.05, 0) is 83.5 Å². The van der Waals surface area contributed by atoms with Gasteiger partial charge in [-0.3, -0.25) is 4.79 Å². The molecule has 0 aliphatic carbocycles. The number of hydrogen-bond acceptors (Lipinski definition) is 13. The molecule has 2 aliphatic heterocycles. The Morgan fingerprint density at radius 2 is 0.946 bits per heavy atom. The van der Waals surface area contributed by atoms with E-state index in [1.165, 1.54) is 89.9 Å². The summed E-state index contributed by atoms with van der Waals surface area (Å²) in [5.74, 6) is -0.259. The second kappa shape index (κ2) is 45.2. The molecular formula is C60H103NO13. The molecule has 74 heavy (non-hydrogen) atoms. The van der Waals surface area contributed by atoms with E-state index in [4.69, 9.17) is 18.9 Å². The Labute approximate surface area is 446 Å². The topological polar surface area (TPSA) is 228 Å². The first kappa shape index (κ1) is 67.3. The SMILES string of the molecule is CC/C=C\C/C=C\C/C=C\C/C=C\CCCCCCCCCCCCCCCCC(=O)NC(COC1OC(CO)C(OC2OC(CO)C(O)C(O)C2O)C(O)C1O)C(O)/C=C/CC/C=C/CC/C=C/CCCCC. The van der Waals surface area contributed by atoms with Crippen molar-refractivity contribution in [1.82, 2.24) is 5.32 Å². The lowest BCUT2D eigenvalue weighted by Crippen LogP contribution is -2.65. The van der Waals surface area contributed by atoms with Crippen LogP contribution in [0.25, 0.3) is 0 Å². The minimum Gasteiger partial charge on any atom is -0.394 e. The minimum absolute atomic E-state index is 0.259. The molecule has 0 aromatic rings. The highest BCUT2D eigenvalue weighted by Crippen LogP contribution is 2.30. The van der Waals surface area contributed by atoms with Crippen molar-refractivity contribution in [2.24, 2.45) is 0 Å². The molecule has 12 atom stereocenters. The van der Waals surface area contributed by atoms with E-state index in [1.807, 2.05) is 6.08 Å². The van der Waals surface area contributed by atoms with Gasteiger partial charge in [0, 0.05) is 6.42 Å². The molecule has 12 unspecified atom stereocenters. The minimum atomic E-state index is -1.79. The van der Waals surface area contributed by atoms with Crippen molar-refractivity contribution in [2.45, 2.75) is 267 Å². The number of carbonyl (C=O) groups is 1. The number of carbonyl (C=O) groups excluding carboxylic acids is 1. The number of aliphatic hydroxyl groups excluding tert-OH is 8. The number of ether oxygens (including phenoxy) is 4. The second-order valence-corrected chi connectivity index (χ2v) is 20.0. The lowest BCUT2D eigenvalue weighted by molar-refractivity contribution is -0.359. The maximum atomic E-state index is 13.2. The zero-order valence-electron chi connectivity index (χ0n) is 45.6. The Bertz CT molecular complexity index is 1560. The average Bonchev–Trinajstić information content (AvgIpc) is 3.40. The van der Waals surface area contributed by atoms with Gasteiger partial charge in [0.15, 0.2) is 12.6 Å². The summed E-state index contributed by atoms with van der Waals surface area (Å²) < 4.78 is 22.7. The van der Waals surface area contributed by atoms with E-state index >= 15 is 0 Å². The normalized spacial score (nSPS) is 25.9. The van der Waals surface area contributed by atoms with E-state index < -0.39 is 86.8 Å². The Morgan fingerprint density at radius 3 is 1.49 bits per heavy atom. The number of nitrogens with one attached hydrogen (secondary N) is 1. The van der Waals surface area contributed by atoms with Gasteiger partial charge >= 0.3 is 0 Å². The molecule has 2 heterocycles. The Balaban J connectivity index is 1.73. The van der Waals surface area contributed by atoms with Crippen molar-refractivity contribution in [2.75, 3.05) is 19.8 Å². The standard InChI is InChI=1S/C60H103NO13/c1-3-5-7-9-11-13-15-17-18-19-20-21-22-23-24-25-26-27-28-29-30-32-34-36-38-40-42-44-52(65)61-48(49(64)43-41-39-37-35-33-31-16-14-12-10-8-6-4-2)47-71-59-57(70)55(68)58(51(46-63)73-59)74-60-56(69)54(67)53(66)50(45-62)72-60/h5,7,11-14,17-18,20-21,33,35,41,43,48-51,53-60,62-64,66-70H,3-4,6,8-10,15-16,19,22-32,34,36-40,42,44-47H2,1-2H3,(H,61,65)/b7-5-,13-11-,14-12+,18-17-,21-20-,35-33+,43-41+. The summed E-state index contributed by atoms with van der Waals surface area (Å²) in [5.41, 5.74) is 0. The third-order valence-electron chi connectivity index (χ3n) is 13.5. The number of rotatable bonds is 44. The van der Waals surface area contributed by atoms with Gasteiger partial charge in [-0.1, -0.05) is 189 Å². The quantitative estimate of drug-likeness (QED) is 0.0205. The van der Waals surface area contributed by atoms with E-state index in [-0.39, 0.29) is 18.9 Å². The smallest absolute Gasteiger partial charge is 0.220 e. The summed E-state index contributed by atoms with van der Waals surface area (Å²) in [4.78, 5) is 13.2. The molecule has 426 valence electrons. The van der Waals surface area contributed by atoms with Crippen LogP contribution in [0.3, 0.4) is 0 Å². The van der Waals surface area contributed by atoms with Crippen LogP contribution in [0.4, 0.5) is 0 Å². The number of aliphatic hydroxyl groups is 8. The Kier molecular flexibility index (Phi) is 41.1. The van der Waals surface area contributed by atoms with Gasteiger partial charge in [-0.2, -0.15) is 0 Å². The number of hydrogen-bond donors (Lipinski definition) is 9. The average molecular weight is 1050 g/mol. The predicted molar refractivity (Wildman–Crippen MR) is 295 cm³/mol. The molecule has 0 aromatic carbocycles. The summed E-state index contributed by atoms with van der Waals surface area (Å²) in [5, 5.41) is 86.9. The molecule has 14 heteroatoms. The zero-order chi connectivity index (χ0) is 53.9. The molecule has 1 amide bonds. The van der Waals surface area contributed by atoms with Crippen LogP contribution in [0.5, 0.6) is 0 Å². The molecule has 0 saturated carbocycles. The monoisotopic (exact) mass is 1050 g/mol. The van der Waals surface area contributed by atoms with Crippen molar-refractivity contribution in [1.29, 1.82) is 0 Å². The Morgan fingerprint density at radius 1 is 0.500 bits per heavy atom. The highest BCUT2D eigenvalue weighted by molar-refractivity contribution is 5.76. The zero-order valence-corrected chi connectivity index (χ0v) is 45.6. The van der Waals surface area contributed by atoms with Gasteiger partial charge in [0.05, 0.1) is 32.0 Å². The molecule has 2 saturated heterocycles. The van der Waals surface area contributed by atoms with Crippen molar-refractivity contribution in [3.63, 3.8) is 0 Å². The van der Waals surface area contributed by atoms with Gasteiger partial charge in [0.1, 0.15) is 48.8 Å². The van der Waals surface area contributed by atoms with E-state index in [1.54, 1.807) is 6.08 Å². The first-order valence-electron chi connectivity index (χ1n) is 28.8. The maximum Gasteiger partial charge on any atom is 0.220 e. The van der Waals surface area contributed by atoms with Crippen LogP contribution in [0, 0.1) is 0 Å². The van der Waals surface area contributed by atoms with Crippen LogP contribution in [0.15, 0.2) is 85.1 Å². The molecular weight excluding hydrogens is 943 g/mol. The van der Waals surface area contributed by atoms with Crippen molar-refractivity contribution in [3.05, 3.63) is 85.1 Å². The molecule has 0 spiro atoms. The van der Waals surface area contributed by atoms with E-state index in [0.29, 0.717) is 12.8 Å². The molecule has 2 fully saturated rings. The fourth-order valence-corrected chi connectivity index (χ4v) is 8.90. The van der Waals surface area contributed by atoms with Crippen LogP contribution in [0.2, 0.25) is 0 Å². The number of amides is 1. The van der Waals surface area contributed by atoms with Crippen LogP contribution in [-0.4, -0.2) is 140 Å². The number of allylic oxidation sites excluding steroid dienone is 13. The van der Waals surface area contributed by atoms with E-state index in [0.717, 1.165) is 70.6 Å². The highest BCUT2D eigenvalue weighted by atomic mass is 16.7. The summed E-state index contributed by atoms with van der Waals surface area (Å²) >= 11 is 0. The number of unbranched alkanes of at least 4 members (excludes halogenated alkanes) is 19. The summed E-state index contributed by atoms with van der Waals surface area (Å²) in [7, 11) is 0. The predicted octanol–water partition coefficient (Wildman–Crippen LogP) is 9.33. The third-order valence-corrected chi connectivity index (χ3v) is 13.5. The van der Waals surface area contributed by atoms with Gasteiger partial charge < -0.3 is 65.1 Å². The van der Waals surface area contributed by atoms with Gasteiger partial charge in [-0.15, -0.1) is 0 Å². The maximum absolute atomic E-state index is 13.2. The van der Waals surface area contributed by atoms with Gasteiger partial charge in [-0.25, -0.2) is 0 Å². The first-order chi connectivity index (χ1) is 36.1.